The molecular weight excluding hydrogens is 236 g/mol. The van der Waals surface area contributed by atoms with Gasteiger partial charge < -0.3 is 16.4 Å². The molecule has 1 rings (SSSR count). The third-order valence-corrected chi connectivity index (χ3v) is 2.16. The zero-order valence-electron chi connectivity index (χ0n) is 9.83. The van der Waals surface area contributed by atoms with Crippen molar-refractivity contribution in [2.24, 2.45) is 16.5 Å². The number of rotatable bonds is 3. The molecule has 8 nitrogen and oxygen atoms in total. The zero-order chi connectivity index (χ0) is 13.7. The molecule has 1 aromatic rings. The van der Waals surface area contributed by atoms with Crippen molar-refractivity contribution in [2.75, 3.05) is 7.05 Å². The summed E-state index contributed by atoms with van der Waals surface area (Å²) in [6.45, 7) is 0.383. The van der Waals surface area contributed by atoms with Gasteiger partial charge in [0.15, 0.2) is 5.96 Å². The maximum Gasteiger partial charge on any atom is 0.269 e. The number of benzene rings is 1. The Hall–Kier alpha value is -2.64. The van der Waals surface area contributed by atoms with Crippen LogP contribution in [0.3, 0.4) is 0 Å². The monoisotopic (exact) mass is 250 g/mol. The second-order valence-electron chi connectivity index (χ2n) is 3.64. The lowest BCUT2D eigenvalue weighted by atomic mass is 10.2. The molecule has 0 heterocycles. The van der Waals surface area contributed by atoms with E-state index in [9.17, 15) is 10.1 Å². The highest BCUT2D eigenvalue weighted by Crippen LogP contribution is 2.13. The molecule has 5 N–H and O–H groups in total. The van der Waals surface area contributed by atoms with Gasteiger partial charge in [0, 0.05) is 25.7 Å². The number of guanidine groups is 2. The molecular formula is C10H14N6O2. The number of hydrogen-bond acceptors (Lipinski definition) is 3. The minimum atomic E-state index is -0.463. The van der Waals surface area contributed by atoms with Crippen LogP contribution in [0.2, 0.25) is 0 Å². The molecule has 0 amide bonds. The average molecular weight is 250 g/mol. The minimum absolute atomic E-state index is 0.0284. The molecule has 0 saturated heterocycles. The highest BCUT2D eigenvalue weighted by atomic mass is 16.6. The number of hydrogen-bond donors (Lipinski definition) is 3. The molecule has 8 heteroatoms. The second-order valence-corrected chi connectivity index (χ2v) is 3.64. The van der Waals surface area contributed by atoms with Gasteiger partial charge in [-0.3, -0.25) is 15.5 Å². The molecule has 0 aliphatic rings. The van der Waals surface area contributed by atoms with E-state index in [0.29, 0.717) is 6.54 Å². The van der Waals surface area contributed by atoms with Crippen molar-refractivity contribution in [3.63, 3.8) is 0 Å². The molecule has 0 unspecified atom stereocenters. The lowest BCUT2D eigenvalue weighted by molar-refractivity contribution is -0.384. The van der Waals surface area contributed by atoms with Gasteiger partial charge in [-0.1, -0.05) is 12.1 Å². The quantitative estimate of drug-likeness (QED) is 0.305. The van der Waals surface area contributed by atoms with Crippen molar-refractivity contribution >= 4 is 17.6 Å². The Morgan fingerprint density at radius 1 is 1.44 bits per heavy atom. The summed E-state index contributed by atoms with van der Waals surface area (Å²) in [6, 6.07) is 6.07. The van der Waals surface area contributed by atoms with Gasteiger partial charge in [-0.25, -0.2) is 0 Å². The maximum absolute atomic E-state index is 10.5. The van der Waals surface area contributed by atoms with E-state index in [1.165, 1.54) is 17.0 Å². The van der Waals surface area contributed by atoms with Gasteiger partial charge in [-0.15, -0.1) is 0 Å². The Morgan fingerprint density at radius 3 is 2.44 bits per heavy atom. The van der Waals surface area contributed by atoms with Gasteiger partial charge in [0.2, 0.25) is 5.96 Å². The lowest BCUT2D eigenvalue weighted by Crippen LogP contribution is -2.30. The summed E-state index contributed by atoms with van der Waals surface area (Å²) in [7, 11) is 1.65. The van der Waals surface area contributed by atoms with Gasteiger partial charge in [-0.05, 0) is 5.56 Å². The van der Waals surface area contributed by atoms with Crippen LogP contribution >= 0.6 is 0 Å². The Labute approximate surface area is 104 Å². The first kappa shape index (κ1) is 13.4. The highest BCUT2D eigenvalue weighted by Gasteiger charge is 2.07. The van der Waals surface area contributed by atoms with Crippen LogP contribution < -0.4 is 11.5 Å². The molecule has 0 aliphatic carbocycles. The Kier molecular flexibility index (Phi) is 4.19. The molecule has 0 atom stereocenters. The largest absolute Gasteiger partial charge is 0.370 e. The second kappa shape index (κ2) is 5.62. The van der Waals surface area contributed by atoms with E-state index >= 15 is 0 Å². The Morgan fingerprint density at radius 2 is 2.00 bits per heavy atom. The van der Waals surface area contributed by atoms with Crippen LogP contribution in [0.4, 0.5) is 5.69 Å². The number of aliphatic imine (C=N–C) groups is 1. The van der Waals surface area contributed by atoms with E-state index in [4.69, 9.17) is 16.9 Å². The minimum Gasteiger partial charge on any atom is -0.370 e. The van der Waals surface area contributed by atoms with E-state index in [1.807, 2.05) is 0 Å². The molecule has 0 aromatic heterocycles. The van der Waals surface area contributed by atoms with Gasteiger partial charge in [0.05, 0.1) is 4.92 Å². The molecule has 0 radical (unpaired) electrons. The topological polar surface area (TPSA) is 135 Å². The van der Waals surface area contributed by atoms with Crippen LogP contribution in [0.1, 0.15) is 5.56 Å². The van der Waals surface area contributed by atoms with Crippen LogP contribution in [-0.2, 0) is 6.54 Å². The molecule has 18 heavy (non-hydrogen) atoms. The normalized spacial score (nSPS) is 9.61. The van der Waals surface area contributed by atoms with Crippen molar-refractivity contribution in [2.45, 2.75) is 6.54 Å². The van der Waals surface area contributed by atoms with Crippen LogP contribution in [0.5, 0.6) is 0 Å². The molecule has 0 fully saturated rings. The summed E-state index contributed by atoms with van der Waals surface area (Å²) < 4.78 is 0. The summed E-state index contributed by atoms with van der Waals surface area (Å²) >= 11 is 0. The third-order valence-electron chi connectivity index (χ3n) is 2.16. The fourth-order valence-corrected chi connectivity index (χ4v) is 1.28. The molecule has 0 saturated carbocycles. The van der Waals surface area contributed by atoms with Crippen LogP contribution in [0, 0.1) is 15.5 Å². The van der Waals surface area contributed by atoms with Gasteiger partial charge >= 0.3 is 0 Å². The van der Waals surface area contributed by atoms with Crippen molar-refractivity contribution < 1.29 is 4.92 Å². The molecule has 0 bridgehead atoms. The van der Waals surface area contributed by atoms with Gasteiger partial charge in [0.25, 0.3) is 5.69 Å². The summed E-state index contributed by atoms with van der Waals surface area (Å²) in [5.41, 5.74) is 11.2. The first-order chi connectivity index (χ1) is 8.40. The smallest absolute Gasteiger partial charge is 0.269 e. The number of nitrogens with two attached hydrogens (primary N) is 2. The zero-order valence-corrected chi connectivity index (χ0v) is 9.83. The number of nitrogens with one attached hydrogen (secondary N) is 1. The molecule has 1 aromatic carbocycles. The number of nitro benzene ring substituents is 1. The standard InChI is InChI=1S/C10H14N6O2/c1-15(10(13)14-9(11)12)6-7-2-4-8(5-3-7)16(17)18/h2-5H,6H2,1H3,(H5,11,12,13,14). The molecule has 0 aliphatic heterocycles. The maximum atomic E-state index is 10.5. The van der Waals surface area contributed by atoms with Crippen LogP contribution in [0.25, 0.3) is 0 Å². The molecule has 96 valence electrons. The Balaban J connectivity index is 2.70. The fraction of sp³-hybridized carbons (Fsp3) is 0.200. The van der Waals surface area contributed by atoms with Crippen molar-refractivity contribution in [3.8, 4) is 0 Å². The van der Waals surface area contributed by atoms with Crippen molar-refractivity contribution in [1.29, 1.82) is 5.41 Å². The van der Waals surface area contributed by atoms with E-state index in [2.05, 4.69) is 4.99 Å². The van der Waals surface area contributed by atoms with E-state index in [-0.39, 0.29) is 17.6 Å². The number of nitrogens with zero attached hydrogens (tertiary/aromatic N) is 3. The summed E-state index contributed by atoms with van der Waals surface area (Å²) in [5, 5.41) is 18.0. The van der Waals surface area contributed by atoms with Gasteiger partial charge in [0.1, 0.15) is 0 Å². The number of nitro groups is 1. The van der Waals surface area contributed by atoms with Crippen LogP contribution in [0.15, 0.2) is 29.3 Å². The summed E-state index contributed by atoms with van der Waals surface area (Å²) in [4.78, 5) is 15.1. The van der Waals surface area contributed by atoms with Gasteiger partial charge in [-0.2, -0.15) is 4.99 Å². The van der Waals surface area contributed by atoms with Crippen molar-refractivity contribution in [3.05, 3.63) is 39.9 Å². The Bertz CT molecular complexity index is 478. The van der Waals surface area contributed by atoms with Crippen LogP contribution in [-0.4, -0.2) is 28.8 Å². The van der Waals surface area contributed by atoms with Crippen molar-refractivity contribution in [1.82, 2.24) is 4.90 Å². The van der Waals surface area contributed by atoms with E-state index in [0.717, 1.165) is 5.56 Å². The summed E-state index contributed by atoms with van der Waals surface area (Å²) in [5.74, 6) is -0.260. The predicted octanol–water partition coefficient (Wildman–Crippen LogP) is 0.235. The average Bonchev–Trinajstić information content (AvgIpc) is 2.28. The first-order valence-corrected chi connectivity index (χ1v) is 5.03. The number of non-ortho nitro benzene ring substituents is 1. The lowest BCUT2D eigenvalue weighted by Gasteiger charge is -2.16. The van der Waals surface area contributed by atoms with E-state index < -0.39 is 4.92 Å². The van der Waals surface area contributed by atoms with E-state index in [1.54, 1.807) is 19.2 Å². The SMILES string of the molecule is CN(Cc1ccc([N+](=O)[O-])cc1)C(=N)N=C(N)N. The first-order valence-electron chi connectivity index (χ1n) is 5.03. The fourth-order valence-electron chi connectivity index (χ4n) is 1.28. The molecule has 0 spiro atoms. The third kappa shape index (κ3) is 3.74. The predicted molar refractivity (Wildman–Crippen MR) is 68.1 cm³/mol. The summed E-state index contributed by atoms with van der Waals surface area (Å²) in [6.07, 6.45) is 0. The highest BCUT2D eigenvalue weighted by molar-refractivity contribution is 5.91.